The molecular formula is C22H27N3O2. The number of nitrogens with zero attached hydrogens (tertiary/aromatic N) is 1. The van der Waals surface area contributed by atoms with Crippen molar-refractivity contribution in [3.8, 4) is 0 Å². The molecule has 1 aliphatic heterocycles. The number of anilines is 2. The molecule has 1 aliphatic rings. The summed E-state index contributed by atoms with van der Waals surface area (Å²) < 4.78 is 0. The summed E-state index contributed by atoms with van der Waals surface area (Å²) in [5.74, 6) is -0.0335. The van der Waals surface area contributed by atoms with Crippen molar-refractivity contribution >= 4 is 23.3 Å². The van der Waals surface area contributed by atoms with Crippen molar-refractivity contribution in [3.63, 3.8) is 0 Å². The lowest BCUT2D eigenvalue weighted by Crippen LogP contribution is -2.36. The van der Waals surface area contributed by atoms with Gasteiger partial charge >= 0.3 is 6.03 Å². The molecule has 3 amide bonds. The van der Waals surface area contributed by atoms with Gasteiger partial charge in [0.15, 0.2) is 0 Å². The van der Waals surface area contributed by atoms with Crippen LogP contribution in [0, 0.1) is 13.8 Å². The lowest BCUT2D eigenvalue weighted by Gasteiger charge is -2.31. The maximum atomic E-state index is 13.2. The molecule has 0 saturated carbocycles. The number of benzene rings is 2. The largest absolute Gasteiger partial charge is 0.336 e. The molecule has 5 nitrogen and oxygen atoms in total. The van der Waals surface area contributed by atoms with Crippen molar-refractivity contribution in [1.82, 2.24) is 5.32 Å². The van der Waals surface area contributed by atoms with Gasteiger partial charge in [0.2, 0.25) is 0 Å². The van der Waals surface area contributed by atoms with E-state index in [4.69, 9.17) is 0 Å². The van der Waals surface area contributed by atoms with Crippen molar-refractivity contribution in [2.24, 2.45) is 0 Å². The summed E-state index contributed by atoms with van der Waals surface area (Å²) in [5.41, 5.74) is 5.85. The SMILES string of the molecule is Cc1cc(C)c2c(c1)N(C(=O)c1cccc(NC(=O)NC(C)C)c1)CCC2. The Bertz CT molecular complexity index is 874. The van der Waals surface area contributed by atoms with Crippen LogP contribution in [0.15, 0.2) is 36.4 Å². The standard InChI is InChI=1S/C22H27N3O2/c1-14(2)23-22(27)24-18-8-5-7-17(13-18)21(26)25-10-6-9-19-16(4)11-15(3)12-20(19)25/h5,7-8,11-14H,6,9-10H2,1-4H3,(H2,23,24,27). The minimum atomic E-state index is -0.274. The first-order valence-corrected chi connectivity index (χ1v) is 9.44. The second kappa shape index (κ2) is 7.82. The molecule has 0 saturated heterocycles. The van der Waals surface area contributed by atoms with E-state index in [-0.39, 0.29) is 18.0 Å². The van der Waals surface area contributed by atoms with E-state index in [9.17, 15) is 9.59 Å². The van der Waals surface area contributed by atoms with Gasteiger partial charge in [0.1, 0.15) is 0 Å². The van der Waals surface area contributed by atoms with Gasteiger partial charge in [-0.1, -0.05) is 12.1 Å². The van der Waals surface area contributed by atoms with Crippen molar-refractivity contribution in [2.75, 3.05) is 16.8 Å². The number of rotatable bonds is 3. The monoisotopic (exact) mass is 365 g/mol. The lowest BCUT2D eigenvalue weighted by atomic mass is 9.94. The molecule has 142 valence electrons. The topological polar surface area (TPSA) is 61.4 Å². The van der Waals surface area contributed by atoms with E-state index in [1.807, 2.05) is 18.7 Å². The Morgan fingerprint density at radius 2 is 1.89 bits per heavy atom. The second-order valence-corrected chi connectivity index (χ2v) is 7.47. The maximum Gasteiger partial charge on any atom is 0.319 e. The van der Waals surface area contributed by atoms with Gasteiger partial charge in [-0.05, 0) is 81.5 Å². The van der Waals surface area contributed by atoms with Crippen LogP contribution in [0.25, 0.3) is 0 Å². The minimum Gasteiger partial charge on any atom is -0.336 e. The van der Waals surface area contributed by atoms with E-state index in [2.05, 4.69) is 36.6 Å². The third-order valence-corrected chi connectivity index (χ3v) is 4.73. The zero-order valence-electron chi connectivity index (χ0n) is 16.4. The van der Waals surface area contributed by atoms with E-state index in [0.717, 1.165) is 24.1 Å². The molecule has 5 heteroatoms. The first-order valence-electron chi connectivity index (χ1n) is 9.44. The molecule has 3 rings (SSSR count). The predicted octanol–water partition coefficient (Wildman–Crippen LogP) is 4.43. The molecule has 0 aliphatic carbocycles. The minimum absolute atomic E-state index is 0.0335. The third-order valence-electron chi connectivity index (χ3n) is 4.73. The van der Waals surface area contributed by atoms with Gasteiger partial charge in [0.25, 0.3) is 5.91 Å². The van der Waals surface area contributed by atoms with Crippen molar-refractivity contribution in [1.29, 1.82) is 0 Å². The summed E-state index contributed by atoms with van der Waals surface area (Å²) in [4.78, 5) is 27.0. The molecular weight excluding hydrogens is 338 g/mol. The lowest BCUT2D eigenvalue weighted by molar-refractivity contribution is 0.0985. The van der Waals surface area contributed by atoms with Crippen molar-refractivity contribution in [3.05, 3.63) is 58.7 Å². The molecule has 0 atom stereocenters. The number of hydrogen-bond acceptors (Lipinski definition) is 2. The number of carbonyl (C=O) groups is 2. The number of fused-ring (bicyclic) bond motifs is 1. The van der Waals surface area contributed by atoms with Crippen molar-refractivity contribution < 1.29 is 9.59 Å². The molecule has 0 unspecified atom stereocenters. The Hall–Kier alpha value is -2.82. The fourth-order valence-corrected chi connectivity index (χ4v) is 3.60. The molecule has 0 bridgehead atoms. The Labute approximate surface area is 160 Å². The Morgan fingerprint density at radius 3 is 2.63 bits per heavy atom. The van der Waals surface area contributed by atoms with Crippen LogP contribution in [0.4, 0.5) is 16.2 Å². The molecule has 1 heterocycles. The second-order valence-electron chi connectivity index (χ2n) is 7.47. The number of nitrogens with one attached hydrogen (secondary N) is 2. The molecule has 0 fully saturated rings. The fourth-order valence-electron chi connectivity index (χ4n) is 3.60. The van der Waals surface area contributed by atoms with Gasteiger partial charge in [-0.25, -0.2) is 4.79 Å². The highest BCUT2D eigenvalue weighted by Gasteiger charge is 2.25. The summed E-state index contributed by atoms with van der Waals surface area (Å²) in [6.07, 6.45) is 1.96. The van der Waals surface area contributed by atoms with Crippen LogP contribution in [-0.2, 0) is 6.42 Å². The summed E-state index contributed by atoms with van der Waals surface area (Å²) >= 11 is 0. The number of aryl methyl sites for hydroxylation is 2. The zero-order valence-corrected chi connectivity index (χ0v) is 16.4. The quantitative estimate of drug-likeness (QED) is 0.845. The molecule has 2 aromatic rings. The van der Waals surface area contributed by atoms with Crippen molar-refractivity contribution in [2.45, 2.75) is 46.6 Å². The van der Waals surface area contributed by atoms with Crippen LogP contribution < -0.4 is 15.5 Å². The number of amides is 3. The Kier molecular flexibility index (Phi) is 5.49. The summed E-state index contributed by atoms with van der Waals surface area (Å²) in [7, 11) is 0. The maximum absolute atomic E-state index is 13.2. The highest BCUT2D eigenvalue weighted by atomic mass is 16.2. The zero-order chi connectivity index (χ0) is 19.6. The van der Waals surface area contributed by atoms with Crippen LogP contribution >= 0.6 is 0 Å². The first kappa shape index (κ1) is 19.0. The van der Waals surface area contributed by atoms with Gasteiger partial charge in [-0.3, -0.25) is 4.79 Å². The summed E-state index contributed by atoms with van der Waals surface area (Å²) in [6, 6.07) is 11.2. The summed E-state index contributed by atoms with van der Waals surface area (Å²) in [6.45, 7) is 8.68. The van der Waals surface area contributed by atoms with Gasteiger partial charge in [0, 0.05) is 29.5 Å². The molecule has 27 heavy (non-hydrogen) atoms. The Morgan fingerprint density at radius 1 is 1.11 bits per heavy atom. The van der Waals surface area contributed by atoms with Gasteiger partial charge in [-0.2, -0.15) is 0 Å². The molecule has 0 aromatic heterocycles. The summed E-state index contributed by atoms with van der Waals surface area (Å²) in [5, 5.41) is 5.57. The van der Waals surface area contributed by atoms with E-state index in [1.165, 1.54) is 11.1 Å². The van der Waals surface area contributed by atoms with Gasteiger partial charge in [0.05, 0.1) is 0 Å². The average Bonchev–Trinajstić information content (AvgIpc) is 2.60. The molecule has 0 spiro atoms. The highest BCUT2D eigenvalue weighted by Crippen LogP contribution is 2.32. The third kappa shape index (κ3) is 4.30. The number of carbonyl (C=O) groups excluding carboxylic acids is 2. The highest BCUT2D eigenvalue weighted by molar-refractivity contribution is 6.07. The van der Waals surface area contributed by atoms with E-state index in [0.29, 0.717) is 17.8 Å². The predicted molar refractivity (Wildman–Crippen MR) is 110 cm³/mol. The number of urea groups is 1. The Balaban J connectivity index is 1.86. The molecule has 2 aromatic carbocycles. The average molecular weight is 365 g/mol. The van der Waals surface area contributed by atoms with Crippen LogP contribution in [0.3, 0.4) is 0 Å². The van der Waals surface area contributed by atoms with Crippen LogP contribution in [0.1, 0.15) is 47.3 Å². The van der Waals surface area contributed by atoms with Gasteiger partial charge < -0.3 is 15.5 Å². The van der Waals surface area contributed by atoms with E-state index < -0.39 is 0 Å². The molecule has 0 radical (unpaired) electrons. The van der Waals surface area contributed by atoms with Gasteiger partial charge in [-0.15, -0.1) is 0 Å². The van der Waals surface area contributed by atoms with E-state index >= 15 is 0 Å². The van der Waals surface area contributed by atoms with Crippen LogP contribution in [-0.4, -0.2) is 24.5 Å². The molecule has 2 N–H and O–H groups in total. The van der Waals surface area contributed by atoms with Crippen LogP contribution in [0.2, 0.25) is 0 Å². The van der Waals surface area contributed by atoms with Crippen LogP contribution in [0.5, 0.6) is 0 Å². The first-order chi connectivity index (χ1) is 12.8. The normalized spacial score (nSPS) is 13.3. The van der Waals surface area contributed by atoms with E-state index in [1.54, 1.807) is 24.3 Å². The number of hydrogen-bond donors (Lipinski definition) is 2. The smallest absolute Gasteiger partial charge is 0.319 e. The fraction of sp³-hybridized carbons (Fsp3) is 0.364.